The summed E-state index contributed by atoms with van der Waals surface area (Å²) in [7, 11) is 0. The number of hydrogen-bond donors (Lipinski definition) is 1. The van der Waals surface area contributed by atoms with E-state index in [2.05, 4.69) is 69.3 Å². The van der Waals surface area contributed by atoms with Crippen molar-refractivity contribution in [3.8, 4) is 11.5 Å². The Labute approximate surface area is 168 Å². The van der Waals surface area contributed by atoms with Crippen LogP contribution in [-0.4, -0.2) is 10.7 Å². The van der Waals surface area contributed by atoms with Crippen LogP contribution < -0.4 is 4.74 Å². The first-order chi connectivity index (χ1) is 13.4. The Bertz CT molecular complexity index is 897. The predicted molar refractivity (Wildman–Crippen MR) is 115 cm³/mol. The predicted octanol–water partition coefficient (Wildman–Crippen LogP) is 6.54. The molecule has 2 atom stereocenters. The van der Waals surface area contributed by atoms with Crippen LogP contribution in [0.5, 0.6) is 11.5 Å². The fraction of sp³-hybridized carbons (Fsp3) is 0.385. The minimum atomic E-state index is -0.195. The molecule has 146 valence electrons. The lowest BCUT2D eigenvalue weighted by Gasteiger charge is -2.36. The Kier molecular flexibility index (Phi) is 5.05. The fourth-order valence-electron chi connectivity index (χ4n) is 4.57. The summed E-state index contributed by atoms with van der Waals surface area (Å²) in [6.07, 6.45) is 11.5. The maximum Gasteiger partial charge on any atom is 0.120 e. The molecule has 1 N–H and O–H groups in total. The minimum absolute atomic E-state index is 0.195. The van der Waals surface area contributed by atoms with Gasteiger partial charge in [0.1, 0.15) is 17.1 Å². The Hall–Kier alpha value is -2.48. The molecular weight excluding hydrogens is 344 g/mol. The quantitative estimate of drug-likeness (QED) is 0.661. The molecule has 0 aliphatic heterocycles. The van der Waals surface area contributed by atoms with Crippen molar-refractivity contribution in [1.29, 1.82) is 0 Å². The minimum Gasteiger partial charge on any atom is -0.508 e. The fourth-order valence-corrected chi connectivity index (χ4v) is 4.57. The Balaban J connectivity index is 1.76. The summed E-state index contributed by atoms with van der Waals surface area (Å²) < 4.78 is 6.11. The van der Waals surface area contributed by atoms with Gasteiger partial charge in [-0.15, -0.1) is 0 Å². The summed E-state index contributed by atoms with van der Waals surface area (Å²) in [4.78, 5) is 0. The molecule has 0 spiro atoms. The molecule has 2 aliphatic rings. The number of benzene rings is 2. The number of phenolic OH excluding ortho intramolecular Hbond substituents is 1. The first-order valence-electron chi connectivity index (χ1n) is 10.4. The molecule has 0 heterocycles. The summed E-state index contributed by atoms with van der Waals surface area (Å²) in [6.45, 7) is 6.26. The van der Waals surface area contributed by atoms with Gasteiger partial charge in [0.25, 0.3) is 0 Å². The number of allylic oxidation sites excluding steroid dienone is 4. The van der Waals surface area contributed by atoms with E-state index in [1.165, 1.54) is 22.3 Å². The van der Waals surface area contributed by atoms with Crippen molar-refractivity contribution in [2.45, 2.75) is 58.0 Å². The third-order valence-corrected chi connectivity index (χ3v) is 5.70. The molecule has 2 unspecified atom stereocenters. The first-order valence-corrected chi connectivity index (χ1v) is 10.4. The average molecular weight is 375 g/mol. The van der Waals surface area contributed by atoms with E-state index in [4.69, 9.17) is 4.74 Å². The summed E-state index contributed by atoms with van der Waals surface area (Å²) in [6, 6.07) is 14.4. The second-order valence-electron chi connectivity index (χ2n) is 8.97. The van der Waals surface area contributed by atoms with Gasteiger partial charge in [0, 0.05) is 5.92 Å². The van der Waals surface area contributed by atoms with Crippen LogP contribution in [0.15, 0.2) is 66.3 Å². The number of hydrogen-bond acceptors (Lipinski definition) is 2. The van der Waals surface area contributed by atoms with Crippen molar-refractivity contribution in [3.05, 3.63) is 83.0 Å². The van der Waals surface area contributed by atoms with Gasteiger partial charge in [0.05, 0.1) is 0 Å². The van der Waals surface area contributed by atoms with E-state index in [-0.39, 0.29) is 5.60 Å². The van der Waals surface area contributed by atoms with Crippen LogP contribution in [-0.2, 0) is 6.42 Å². The van der Waals surface area contributed by atoms with Crippen molar-refractivity contribution >= 4 is 0 Å². The van der Waals surface area contributed by atoms with E-state index in [9.17, 15) is 5.11 Å². The maximum absolute atomic E-state index is 9.77. The Morgan fingerprint density at radius 3 is 2.46 bits per heavy atom. The molecule has 2 aromatic carbocycles. The zero-order valence-electron chi connectivity index (χ0n) is 17.1. The lowest BCUT2D eigenvalue weighted by Crippen LogP contribution is -2.25. The second-order valence-corrected chi connectivity index (χ2v) is 8.97. The molecule has 28 heavy (non-hydrogen) atoms. The average Bonchev–Trinajstić information content (AvgIpc) is 2.67. The molecule has 4 rings (SSSR count). The van der Waals surface area contributed by atoms with Gasteiger partial charge in [0.15, 0.2) is 0 Å². The van der Waals surface area contributed by atoms with E-state index in [0.717, 1.165) is 31.4 Å². The van der Waals surface area contributed by atoms with Gasteiger partial charge >= 0.3 is 0 Å². The summed E-state index contributed by atoms with van der Waals surface area (Å²) >= 11 is 0. The number of aromatic hydroxyl groups is 1. The van der Waals surface area contributed by atoms with Crippen molar-refractivity contribution in [2.75, 3.05) is 0 Å². The summed E-state index contributed by atoms with van der Waals surface area (Å²) in [5, 5.41) is 9.77. The number of aryl methyl sites for hydroxylation is 1. The molecule has 2 aliphatic carbocycles. The van der Waals surface area contributed by atoms with Crippen LogP contribution in [0.3, 0.4) is 0 Å². The molecular formula is C26H30O2. The highest BCUT2D eigenvalue weighted by atomic mass is 16.5. The maximum atomic E-state index is 9.77. The number of phenols is 1. The van der Waals surface area contributed by atoms with Gasteiger partial charge in [-0.05, 0) is 98.9 Å². The molecule has 2 aromatic rings. The Morgan fingerprint density at radius 1 is 1.00 bits per heavy atom. The molecule has 0 saturated carbocycles. The third kappa shape index (κ3) is 4.01. The van der Waals surface area contributed by atoms with Crippen LogP contribution in [0.25, 0.3) is 0 Å². The molecule has 2 heteroatoms. The highest BCUT2D eigenvalue weighted by molar-refractivity contribution is 5.48. The van der Waals surface area contributed by atoms with Crippen molar-refractivity contribution in [3.63, 3.8) is 0 Å². The number of fused-ring (bicyclic) bond motifs is 1. The topological polar surface area (TPSA) is 29.5 Å². The normalized spacial score (nSPS) is 21.8. The highest BCUT2D eigenvalue weighted by Gasteiger charge is 2.33. The molecule has 0 amide bonds. The standard InChI is InChI=1S/C26H30O2/c1-26(2,3)28-22-14-16-24-20(17-22)11-15-23(18-7-5-4-6-8-18)25(24)19-9-12-21(27)13-10-19/h5,7-10,12-14,16-17,23,25,27H,4,6,11,15H2,1-3H3. The van der Waals surface area contributed by atoms with E-state index in [1.807, 2.05) is 12.1 Å². The van der Waals surface area contributed by atoms with Crippen LogP contribution >= 0.6 is 0 Å². The van der Waals surface area contributed by atoms with Crippen molar-refractivity contribution in [2.24, 2.45) is 5.92 Å². The van der Waals surface area contributed by atoms with E-state index in [1.54, 1.807) is 0 Å². The van der Waals surface area contributed by atoms with Crippen LogP contribution in [0.1, 0.15) is 62.6 Å². The lowest BCUT2D eigenvalue weighted by atomic mass is 9.68. The SMILES string of the molecule is CC(C)(C)Oc1ccc2c(c1)CCC(C1=CCCC=C1)C2c1ccc(O)cc1. The second kappa shape index (κ2) is 7.50. The monoisotopic (exact) mass is 374 g/mol. The van der Waals surface area contributed by atoms with Gasteiger partial charge < -0.3 is 9.84 Å². The van der Waals surface area contributed by atoms with Crippen molar-refractivity contribution in [1.82, 2.24) is 0 Å². The molecule has 0 saturated heterocycles. The number of ether oxygens (including phenoxy) is 1. The van der Waals surface area contributed by atoms with Crippen molar-refractivity contribution < 1.29 is 9.84 Å². The zero-order valence-corrected chi connectivity index (χ0v) is 17.1. The van der Waals surface area contributed by atoms with Crippen LogP contribution in [0.2, 0.25) is 0 Å². The van der Waals surface area contributed by atoms with E-state index in [0.29, 0.717) is 17.6 Å². The highest BCUT2D eigenvalue weighted by Crippen LogP contribution is 2.46. The van der Waals surface area contributed by atoms with Crippen LogP contribution in [0.4, 0.5) is 0 Å². The van der Waals surface area contributed by atoms with Gasteiger partial charge in [-0.2, -0.15) is 0 Å². The van der Waals surface area contributed by atoms with Gasteiger partial charge in [-0.25, -0.2) is 0 Å². The largest absolute Gasteiger partial charge is 0.508 e. The number of rotatable bonds is 3. The third-order valence-electron chi connectivity index (χ3n) is 5.70. The summed E-state index contributed by atoms with van der Waals surface area (Å²) in [5.74, 6) is 2.05. The zero-order chi connectivity index (χ0) is 19.7. The molecule has 0 bridgehead atoms. The summed E-state index contributed by atoms with van der Waals surface area (Å²) in [5.41, 5.74) is 5.32. The van der Waals surface area contributed by atoms with Crippen LogP contribution in [0, 0.1) is 5.92 Å². The molecule has 0 aromatic heterocycles. The first kappa shape index (κ1) is 18.9. The molecule has 0 radical (unpaired) electrons. The molecule has 2 nitrogen and oxygen atoms in total. The van der Waals surface area contributed by atoms with Gasteiger partial charge in [-0.1, -0.05) is 36.4 Å². The lowest BCUT2D eigenvalue weighted by molar-refractivity contribution is 0.130. The molecule has 0 fully saturated rings. The van der Waals surface area contributed by atoms with E-state index < -0.39 is 0 Å². The van der Waals surface area contributed by atoms with E-state index >= 15 is 0 Å². The smallest absolute Gasteiger partial charge is 0.120 e. The van der Waals surface area contributed by atoms with Gasteiger partial charge in [0.2, 0.25) is 0 Å². The Morgan fingerprint density at radius 2 is 1.79 bits per heavy atom. The van der Waals surface area contributed by atoms with Gasteiger partial charge in [-0.3, -0.25) is 0 Å².